The van der Waals surface area contributed by atoms with Crippen LogP contribution in [0.15, 0.2) is 34.2 Å². The molecule has 0 saturated carbocycles. The Morgan fingerprint density at radius 3 is 2.90 bits per heavy atom. The van der Waals surface area contributed by atoms with Crippen LogP contribution in [0.1, 0.15) is 28.6 Å². The van der Waals surface area contributed by atoms with Gasteiger partial charge in [-0.25, -0.2) is 4.98 Å². The SMILES string of the molecule is CCCNc1cc(C(=O)NCCc2ccc(Br)s2)ccn1. The van der Waals surface area contributed by atoms with Crippen LogP contribution in [-0.4, -0.2) is 24.0 Å². The van der Waals surface area contributed by atoms with Crippen LogP contribution in [0.25, 0.3) is 0 Å². The van der Waals surface area contributed by atoms with E-state index in [9.17, 15) is 4.79 Å². The lowest BCUT2D eigenvalue weighted by Crippen LogP contribution is -2.25. The van der Waals surface area contributed by atoms with Crippen LogP contribution in [0, 0.1) is 0 Å². The van der Waals surface area contributed by atoms with E-state index in [-0.39, 0.29) is 5.91 Å². The molecular weight excluding hydrogens is 350 g/mol. The molecular formula is C15H18BrN3OS. The molecule has 0 spiro atoms. The van der Waals surface area contributed by atoms with Crippen molar-refractivity contribution in [3.8, 4) is 0 Å². The molecule has 2 N–H and O–H groups in total. The molecule has 0 aliphatic heterocycles. The van der Waals surface area contributed by atoms with Crippen molar-refractivity contribution in [3.63, 3.8) is 0 Å². The molecule has 0 aliphatic rings. The zero-order chi connectivity index (χ0) is 15.1. The molecule has 21 heavy (non-hydrogen) atoms. The fourth-order valence-electron chi connectivity index (χ4n) is 1.81. The number of anilines is 1. The van der Waals surface area contributed by atoms with Crippen molar-refractivity contribution in [2.24, 2.45) is 0 Å². The molecule has 0 bridgehead atoms. The molecule has 112 valence electrons. The summed E-state index contributed by atoms with van der Waals surface area (Å²) < 4.78 is 1.12. The minimum absolute atomic E-state index is 0.0624. The first-order chi connectivity index (χ1) is 10.2. The van der Waals surface area contributed by atoms with Crippen molar-refractivity contribution in [2.75, 3.05) is 18.4 Å². The van der Waals surface area contributed by atoms with Gasteiger partial charge in [0.1, 0.15) is 5.82 Å². The fraction of sp³-hybridized carbons (Fsp3) is 0.333. The van der Waals surface area contributed by atoms with Gasteiger partial charge in [-0.05, 0) is 53.0 Å². The lowest BCUT2D eigenvalue weighted by atomic mass is 10.2. The highest BCUT2D eigenvalue weighted by molar-refractivity contribution is 9.11. The molecule has 0 aromatic carbocycles. The summed E-state index contributed by atoms with van der Waals surface area (Å²) in [4.78, 5) is 17.5. The van der Waals surface area contributed by atoms with Crippen LogP contribution in [0.4, 0.5) is 5.82 Å². The van der Waals surface area contributed by atoms with Gasteiger partial charge in [0.25, 0.3) is 5.91 Å². The smallest absolute Gasteiger partial charge is 0.251 e. The Morgan fingerprint density at radius 1 is 1.33 bits per heavy atom. The van der Waals surface area contributed by atoms with Crippen molar-refractivity contribution in [2.45, 2.75) is 19.8 Å². The minimum atomic E-state index is -0.0624. The van der Waals surface area contributed by atoms with Gasteiger partial charge in [-0.1, -0.05) is 6.92 Å². The van der Waals surface area contributed by atoms with Crippen LogP contribution in [-0.2, 0) is 6.42 Å². The van der Waals surface area contributed by atoms with E-state index < -0.39 is 0 Å². The number of thiophene rings is 1. The first-order valence-corrected chi connectivity index (χ1v) is 8.52. The Labute approximate surface area is 137 Å². The number of carbonyl (C=O) groups is 1. The van der Waals surface area contributed by atoms with Crippen LogP contribution in [0.2, 0.25) is 0 Å². The molecule has 2 heterocycles. The van der Waals surface area contributed by atoms with Gasteiger partial charge in [-0.2, -0.15) is 0 Å². The predicted octanol–water partition coefficient (Wildman–Crippen LogP) is 3.70. The minimum Gasteiger partial charge on any atom is -0.370 e. The van der Waals surface area contributed by atoms with Crippen molar-refractivity contribution in [1.82, 2.24) is 10.3 Å². The normalized spacial score (nSPS) is 10.4. The molecule has 0 atom stereocenters. The van der Waals surface area contributed by atoms with Gasteiger partial charge in [0.2, 0.25) is 0 Å². The number of hydrogen-bond donors (Lipinski definition) is 2. The van der Waals surface area contributed by atoms with Crippen molar-refractivity contribution in [1.29, 1.82) is 0 Å². The van der Waals surface area contributed by atoms with E-state index >= 15 is 0 Å². The molecule has 2 rings (SSSR count). The van der Waals surface area contributed by atoms with E-state index in [1.54, 1.807) is 29.7 Å². The average Bonchev–Trinajstić information content (AvgIpc) is 2.91. The van der Waals surface area contributed by atoms with Gasteiger partial charge in [0.05, 0.1) is 3.79 Å². The summed E-state index contributed by atoms with van der Waals surface area (Å²) in [6.07, 6.45) is 3.52. The monoisotopic (exact) mass is 367 g/mol. The molecule has 1 amide bonds. The Kier molecular flexibility index (Phi) is 6.20. The van der Waals surface area contributed by atoms with E-state index in [0.717, 1.165) is 29.0 Å². The van der Waals surface area contributed by atoms with Crippen molar-refractivity contribution in [3.05, 3.63) is 44.7 Å². The second kappa shape index (κ2) is 8.14. The molecule has 0 fully saturated rings. The maximum atomic E-state index is 12.1. The highest BCUT2D eigenvalue weighted by Gasteiger charge is 2.06. The maximum absolute atomic E-state index is 12.1. The molecule has 4 nitrogen and oxygen atoms in total. The summed E-state index contributed by atoms with van der Waals surface area (Å²) in [6.45, 7) is 3.57. The molecule has 2 aromatic heterocycles. The zero-order valence-electron chi connectivity index (χ0n) is 11.9. The Morgan fingerprint density at radius 2 is 2.19 bits per heavy atom. The lowest BCUT2D eigenvalue weighted by molar-refractivity contribution is 0.0954. The number of amides is 1. The summed E-state index contributed by atoms with van der Waals surface area (Å²) in [5.41, 5.74) is 0.635. The van der Waals surface area contributed by atoms with E-state index in [1.165, 1.54) is 4.88 Å². The standard InChI is InChI=1S/C15H18BrN3OS/c1-2-7-17-14-10-11(5-8-18-14)15(20)19-9-6-12-3-4-13(16)21-12/h3-5,8,10H,2,6-7,9H2,1H3,(H,17,18)(H,19,20). The second-order valence-electron chi connectivity index (χ2n) is 4.57. The van der Waals surface area contributed by atoms with Crippen molar-refractivity contribution < 1.29 is 4.79 Å². The van der Waals surface area contributed by atoms with Gasteiger partial charge in [0.15, 0.2) is 0 Å². The Bertz CT molecular complexity index is 600. The quantitative estimate of drug-likeness (QED) is 0.784. The van der Waals surface area contributed by atoms with Crippen LogP contribution < -0.4 is 10.6 Å². The number of nitrogens with one attached hydrogen (secondary N) is 2. The predicted molar refractivity (Wildman–Crippen MR) is 91.1 cm³/mol. The molecule has 0 saturated heterocycles. The Hall–Kier alpha value is -1.40. The number of hydrogen-bond acceptors (Lipinski definition) is 4. The number of halogens is 1. The molecule has 6 heteroatoms. The average molecular weight is 368 g/mol. The van der Waals surface area contributed by atoms with E-state index in [0.29, 0.717) is 12.1 Å². The van der Waals surface area contributed by atoms with Crippen molar-refractivity contribution >= 4 is 39.0 Å². The van der Waals surface area contributed by atoms with Gasteiger partial charge in [0, 0.05) is 29.7 Å². The van der Waals surface area contributed by atoms with Crippen LogP contribution in [0.3, 0.4) is 0 Å². The van der Waals surface area contributed by atoms with E-state index in [1.807, 2.05) is 6.07 Å². The van der Waals surface area contributed by atoms with Gasteiger partial charge >= 0.3 is 0 Å². The van der Waals surface area contributed by atoms with Crippen LogP contribution in [0.5, 0.6) is 0 Å². The summed E-state index contributed by atoms with van der Waals surface area (Å²) in [5.74, 6) is 0.680. The van der Waals surface area contributed by atoms with E-state index in [4.69, 9.17) is 0 Å². The number of carbonyl (C=O) groups excluding carboxylic acids is 1. The van der Waals surface area contributed by atoms with E-state index in [2.05, 4.69) is 44.5 Å². The first kappa shape index (κ1) is 16.0. The molecule has 0 unspecified atom stereocenters. The zero-order valence-corrected chi connectivity index (χ0v) is 14.3. The maximum Gasteiger partial charge on any atom is 0.251 e. The molecule has 0 aliphatic carbocycles. The summed E-state index contributed by atoms with van der Waals surface area (Å²) in [7, 11) is 0. The third kappa shape index (κ3) is 5.13. The second-order valence-corrected chi connectivity index (χ2v) is 7.12. The molecule has 0 radical (unpaired) electrons. The topological polar surface area (TPSA) is 54.0 Å². The van der Waals surface area contributed by atoms with Gasteiger partial charge < -0.3 is 10.6 Å². The number of rotatable bonds is 7. The summed E-state index contributed by atoms with van der Waals surface area (Å²) in [5, 5.41) is 6.12. The number of aromatic nitrogens is 1. The number of pyridine rings is 1. The van der Waals surface area contributed by atoms with Crippen LogP contribution >= 0.6 is 27.3 Å². The lowest BCUT2D eigenvalue weighted by Gasteiger charge is -2.07. The number of nitrogens with zero attached hydrogens (tertiary/aromatic N) is 1. The highest BCUT2D eigenvalue weighted by Crippen LogP contribution is 2.22. The fourth-order valence-corrected chi connectivity index (χ4v) is 3.29. The molecule has 2 aromatic rings. The summed E-state index contributed by atoms with van der Waals surface area (Å²) in [6, 6.07) is 7.61. The first-order valence-electron chi connectivity index (χ1n) is 6.91. The third-order valence-corrected chi connectivity index (χ3v) is 4.55. The van der Waals surface area contributed by atoms with Gasteiger partial charge in [-0.15, -0.1) is 11.3 Å². The highest BCUT2D eigenvalue weighted by atomic mass is 79.9. The van der Waals surface area contributed by atoms with Gasteiger partial charge in [-0.3, -0.25) is 4.79 Å². The largest absolute Gasteiger partial charge is 0.370 e. The summed E-state index contributed by atoms with van der Waals surface area (Å²) >= 11 is 5.13. The Balaban J connectivity index is 1.85. The third-order valence-electron chi connectivity index (χ3n) is 2.86.